The summed E-state index contributed by atoms with van der Waals surface area (Å²) in [6, 6.07) is 6.32. The first kappa shape index (κ1) is 35.0. The third-order valence-corrected chi connectivity index (χ3v) is 10.8. The van der Waals surface area contributed by atoms with Crippen LogP contribution in [0, 0.1) is 18.2 Å². The fourth-order valence-corrected chi connectivity index (χ4v) is 8.38. The number of likely N-dealkylation sites (tertiary alicyclic amines) is 1. The molecular formula is C39H45F2N5O5. The fourth-order valence-electron chi connectivity index (χ4n) is 8.38. The van der Waals surface area contributed by atoms with Gasteiger partial charge >= 0.3 is 6.01 Å². The van der Waals surface area contributed by atoms with Crippen molar-refractivity contribution in [3.8, 4) is 29.9 Å². The third-order valence-electron chi connectivity index (χ3n) is 10.8. The van der Waals surface area contributed by atoms with E-state index in [1.807, 2.05) is 6.92 Å². The molecule has 0 radical (unpaired) electrons. The predicted octanol–water partition coefficient (Wildman–Crippen LogP) is 5.20. The summed E-state index contributed by atoms with van der Waals surface area (Å²) in [5, 5.41) is 14.9. The molecule has 0 bridgehead atoms. The van der Waals surface area contributed by atoms with Crippen LogP contribution in [-0.2, 0) is 16.0 Å². The normalized spacial score (nSPS) is 25.8. The maximum Gasteiger partial charge on any atom is 0.318 e. The summed E-state index contributed by atoms with van der Waals surface area (Å²) >= 11 is 0. The summed E-state index contributed by atoms with van der Waals surface area (Å²) in [4.78, 5) is 26.4. The topological polar surface area (TPSA) is 109 Å². The molecule has 2 aromatic carbocycles. The first-order valence-electron chi connectivity index (χ1n) is 17.9. The molecule has 10 nitrogen and oxygen atoms in total. The van der Waals surface area contributed by atoms with Crippen molar-refractivity contribution in [2.75, 3.05) is 51.0 Å². The van der Waals surface area contributed by atoms with Gasteiger partial charge in [0.1, 0.15) is 24.3 Å². The molecular weight excluding hydrogens is 656 g/mol. The standard InChI is InChI=1S/C39H45F2N5O5/c1-4-30-32(41)10-9-24-16-29(47)18-31(35(24)30)25-17-33-36(50-22-25)37(45-13-7-6-8-27(21-45)42-34(48)5-2)44-38(43-33)51-23-39(3)19-26(40)20-46(39)28-11-14-49-15-12-28/h1,5,9-10,16,18,25-28,47H,2,6-8,11-15,17,19-23H2,3H3,(H,42,48)/t25-,26-,27?,39+/m1/s1. The number of aromatic hydroxyl groups is 1. The Labute approximate surface area is 297 Å². The molecule has 3 fully saturated rings. The minimum atomic E-state index is -0.967. The number of carbonyl (C=O) groups excluding carboxylic acids is 1. The van der Waals surface area contributed by atoms with E-state index in [1.54, 1.807) is 18.2 Å². The van der Waals surface area contributed by atoms with Gasteiger partial charge in [0.25, 0.3) is 0 Å². The molecule has 1 amide bonds. The minimum Gasteiger partial charge on any atom is -0.508 e. The van der Waals surface area contributed by atoms with E-state index in [4.69, 9.17) is 30.6 Å². The van der Waals surface area contributed by atoms with Crippen LogP contribution in [0.15, 0.2) is 36.9 Å². The molecule has 4 aliphatic rings. The molecule has 4 aliphatic heterocycles. The number of hydrogen-bond acceptors (Lipinski definition) is 9. The zero-order chi connectivity index (χ0) is 35.7. The molecule has 1 aromatic heterocycles. The Kier molecular flexibility index (Phi) is 10.0. The van der Waals surface area contributed by atoms with Gasteiger partial charge < -0.3 is 29.5 Å². The van der Waals surface area contributed by atoms with Gasteiger partial charge in [-0.15, -0.1) is 6.42 Å². The van der Waals surface area contributed by atoms with E-state index >= 15 is 4.39 Å². The highest BCUT2D eigenvalue weighted by Crippen LogP contribution is 2.43. The van der Waals surface area contributed by atoms with Crippen LogP contribution >= 0.6 is 0 Å². The Balaban J connectivity index is 1.24. The van der Waals surface area contributed by atoms with E-state index in [0.29, 0.717) is 79.3 Å². The van der Waals surface area contributed by atoms with E-state index in [-0.39, 0.29) is 54.4 Å². The Bertz CT molecular complexity index is 1840. The molecule has 51 heavy (non-hydrogen) atoms. The summed E-state index contributed by atoms with van der Waals surface area (Å²) in [5.41, 5.74) is 0.812. The number of amides is 1. The van der Waals surface area contributed by atoms with Crippen LogP contribution in [0.4, 0.5) is 14.6 Å². The van der Waals surface area contributed by atoms with Crippen LogP contribution in [-0.4, -0.2) is 95.7 Å². The lowest BCUT2D eigenvalue weighted by Crippen LogP contribution is -2.52. The zero-order valence-electron chi connectivity index (χ0n) is 29.0. The Hall–Kier alpha value is -4.47. The summed E-state index contributed by atoms with van der Waals surface area (Å²) < 4.78 is 48.5. The van der Waals surface area contributed by atoms with Gasteiger partial charge in [-0.25, -0.2) is 8.78 Å². The predicted molar refractivity (Wildman–Crippen MR) is 190 cm³/mol. The van der Waals surface area contributed by atoms with Gasteiger partial charge in [-0.05, 0) is 74.3 Å². The highest BCUT2D eigenvalue weighted by Gasteiger charge is 2.46. The highest BCUT2D eigenvalue weighted by molar-refractivity contribution is 5.93. The van der Waals surface area contributed by atoms with Crippen LogP contribution in [0.1, 0.15) is 68.2 Å². The molecule has 4 atom stereocenters. The van der Waals surface area contributed by atoms with Gasteiger partial charge in [0.05, 0.1) is 23.4 Å². The number of nitrogens with zero attached hydrogens (tertiary/aromatic N) is 4. The molecule has 3 saturated heterocycles. The van der Waals surface area contributed by atoms with E-state index < -0.39 is 17.5 Å². The Morgan fingerprint density at radius 3 is 2.84 bits per heavy atom. The largest absolute Gasteiger partial charge is 0.508 e. The van der Waals surface area contributed by atoms with Crippen molar-refractivity contribution in [3.05, 3.63) is 59.6 Å². The average Bonchev–Trinajstić information content (AvgIpc) is 3.27. The molecule has 2 N–H and O–H groups in total. The first-order valence-corrected chi connectivity index (χ1v) is 17.9. The van der Waals surface area contributed by atoms with Crippen molar-refractivity contribution in [1.29, 1.82) is 0 Å². The molecule has 3 aromatic rings. The quantitative estimate of drug-likeness (QED) is 0.242. The number of ether oxygens (including phenoxy) is 3. The molecule has 270 valence electrons. The van der Waals surface area contributed by atoms with E-state index in [2.05, 4.69) is 27.6 Å². The number of halogens is 2. The highest BCUT2D eigenvalue weighted by atomic mass is 19.1. The zero-order valence-corrected chi connectivity index (χ0v) is 29.0. The molecule has 0 aliphatic carbocycles. The molecule has 0 spiro atoms. The second-order valence-electron chi connectivity index (χ2n) is 14.5. The third kappa shape index (κ3) is 7.19. The number of terminal acetylenes is 1. The number of nitrogens with one attached hydrogen (secondary N) is 1. The lowest BCUT2D eigenvalue weighted by atomic mass is 9.87. The molecule has 1 unspecified atom stereocenters. The van der Waals surface area contributed by atoms with E-state index in [9.17, 15) is 14.3 Å². The van der Waals surface area contributed by atoms with Gasteiger partial charge in [0, 0.05) is 69.1 Å². The lowest BCUT2D eigenvalue weighted by Gasteiger charge is -2.41. The number of phenols is 1. The smallest absolute Gasteiger partial charge is 0.318 e. The van der Waals surface area contributed by atoms with Gasteiger partial charge in [-0.3, -0.25) is 9.69 Å². The van der Waals surface area contributed by atoms with Crippen LogP contribution in [0.3, 0.4) is 0 Å². The molecule has 5 heterocycles. The van der Waals surface area contributed by atoms with Crippen LogP contribution in [0.2, 0.25) is 0 Å². The number of phenolic OH excluding ortho intramolecular Hbond substituents is 1. The van der Waals surface area contributed by atoms with Crippen molar-refractivity contribution in [3.63, 3.8) is 0 Å². The monoisotopic (exact) mass is 701 g/mol. The molecule has 0 saturated carbocycles. The number of hydrogen-bond donors (Lipinski definition) is 2. The Morgan fingerprint density at radius 1 is 1.24 bits per heavy atom. The molecule has 7 rings (SSSR count). The second-order valence-corrected chi connectivity index (χ2v) is 14.5. The average molecular weight is 702 g/mol. The van der Waals surface area contributed by atoms with E-state index in [1.165, 1.54) is 12.1 Å². The number of alkyl halides is 1. The summed E-state index contributed by atoms with van der Waals surface area (Å²) in [7, 11) is 0. The van der Waals surface area contributed by atoms with Crippen molar-refractivity contribution in [1.82, 2.24) is 20.2 Å². The second kappa shape index (κ2) is 14.6. The minimum absolute atomic E-state index is 0.0347. The Morgan fingerprint density at radius 2 is 2.06 bits per heavy atom. The van der Waals surface area contributed by atoms with Gasteiger partial charge in [-0.1, -0.05) is 18.6 Å². The SMILES string of the molecule is C#Cc1c(F)ccc2cc(O)cc([C@H]3COc4c(nc(OC[C@]5(C)C[C@@H](F)CN5C5CCOCC5)nc4N4CCCCC(NC(=O)C=C)C4)C3)c12. The fraction of sp³-hybridized carbons (Fsp3) is 0.513. The van der Waals surface area contributed by atoms with Crippen LogP contribution in [0.25, 0.3) is 10.8 Å². The van der Waals surface area contributed by atoms with Crippen molar-refractivity contribution in [2.24, 2.45) is 0 Å². The number of rotatable bonds is 8. The number of anilines is 1. The maximum atomic E-state index is 15.0. The number of carbonyl (C=O) groups is 1. The van der Waals surface area contributed by atoms with Gasteiger partial charge in [0.15, 0.2) is 11.6 Å². The number of fused-ring (bicyclic) bond motifs is 2. The number of aromatic nitrogens is 2. The summed E-state index contributed by atoms with van der Waals surface area (Å²) in [6.45, 7) is 8.87. The van der Waals surface area contributed by atoms with Crippen molar-refractivity contribution in [2.45, 2.75) is 81.6 Å². The van der Waals surface area contributed by atoms with Gasteiger partial charge in [0.2, 0.25) is 5.91 Å². The lowest BCUT2D eigenvalue weighted by molar-refractivity contribution is -0.117. The molecule has 12 heteroatoms. The van der Waals surface area contributed by atoms with E-state index in [0.717, 1.165) is 32.1 Å². The van der Waals surface area contributed by atoms with Crippen LogP contribution in [0.5, 0.6) is 17.5 Å². The first-order chi connectivity index (χ1) is 24.7. The number of benzene rings is 2. The van der Waals surface area contributed by atoms with Crippen molar-refractivity contribution < 1.29 is 32.9 Å². The van der Waals surface area contributed by atoms with Gasteiger partial charge in [-0.2, -0.15) is 9.97 Å². The van der Waals surface area contributed by atoms with Crippen LogP contribution < -0.4 is 19.7 Å². The maximum absolute atomic E-state index is 15.0. The van der Waals surface area contributed by atoms with Crippen molar-refractivity contribution >= 4 is 22.5 Å². The summed E-state index contributed by atoms with van der Waals surface area (Å²) in [5.74, 6) is 2.53. The summed E-state index contributed by atoms with van der Waals surface area (Å²) in [6.07, 6.45) is 11.1.